The summed E-state index contributed by atoms with van der Waals surface area (Å²) < 4.78 is 14.3. The lowest BCUT2D eigenvalue weighted by Gasteiger charge is -2.28. The van der Waals surface area contributed by atoms with Crippen LogP contribution in [0, 0.1) is 23.6 Å². The number of fused-ring (bicyclic) bond motifs is 2. The van der Waals surface area contributed by atoms with Crippen LogP contribution in [-0.4, -0.2) is 34.7 Å². The van der Waals surface area contributed by atoms with Gasteiger partial charge in [-0.3, -0.25) is 0 Å². The Hall–Kier alpha value is -1.66. The molecule has 24 heavy (non-hydrogen) atoms. The number of thiophene rings is 1. The number of halogens is 1. The van der Waals surface area contributed by atoms with Gasteiger partial charge in [0, 0.05) is 16.1 Å². The number of amides is 2. The maximum Gasteiger partial charge on any atom is 0.318 e. The Morgan fingerprint density at radius 3 is 3.04 bits per heavy atom. The number of nitrogens with one attached hydrogen (secondary N) is 1. The van der Waals surface area contributed by atoms with Gasteiger partial charge < -0.3 is 15.3 Å². The van der Waals surface area contributed by atoms with Gasteiger partial charge in [0.1, 0.15) is 5.82 Å². The summed E-state index contributed by atoms with van der Waals surface area (Å²) in [6.07, 6.45) is 1.78. The molecule has 6 heteroatoms. The lowest BCUT2D eigenvalue weighted by Crippen LogP contribution is -2.47. The first-order chi connectivity index (χ1) is 11.6. The number of urea groups is 1. The minimum Gasteiger partial charge on any atom is -0.391 e. The van der Waals surface area contributed by atoms with Crippen molar-refractivity contribution in [1.29, 1.82) is 0 Å². The predicted octanol–water partition coefficient (Wildman–Crippen LogP) is 2.95. The molecule has 126 valence electrons. The first kappa shape index (κ1) is 14.7. The monoisotopic (exact) mass is 346 g/mol. The summed E-state index contributed by atoms with van der Waals surface area (Å²) in [5.41, 5.74) is 0. The largest absolute Gasteiger partial charge is 0.391 e. The van der Waals surface area contributed by atoms with Crippen molar-refractivity contribution in [1.82, 2.24) is 10.2 Å². The third-order valence-corrected chi connectivity index (χ3v) is 7.17. The molecule has 0 spiro atoms. The van der Waals surface area contributed by atoms with Crippen molar-refractivity contribution in [2.45, 2.75) is 31.5 Å². The maximum atomic E-state index is 13.3. The molecular weight excluding hydrogens is 327 g/mol. The zero-order valence-corrected chi connectivity index (χ0v) is 13.9. The van der Waals surface area contributed by atoms with E-state index in [1.807, 2.05) is 11.0 Å². The molecule has 3 aliphatic rings. The number of nitrogens with zero attached hydrogens (tertiary/aromatic N) is 1. The fourth-order valence-electron chi connectivity index (χ4n) is 5.07. The molecule has 5 rings (SSSR count). The number of likely N-dealkylation sites (tertiary alicyclic amines) is 1. The predicted molar refractivity (Wildman–Crippen MR) is 90.2 cm³/mol. The van der Waals surface area contributed by atoms with Crippen LogP contribution in [0.2, 0.25) is 0 Å². The van der Waals surface area contributed by atoms with Crippen molar-refractivity contribution in [2.24, 2.45) is 17.8 Å². The normalized spacial score (nSPS) is 33.6. The molecule has 0 radical (unpaired) electrons. The van der Waals surface area contributed by atoms with Gasteiger partial charge in [0.25, 0.3) is 0 Å². The first-order valence-corrected chi connectivity index (χ1v) is 9.32. The summed E-state index contributed by atoms with van der Waals surface area (Å²) in [5.74, 6) is 1.21. The summed E-state index contributed by atoms with van der Waals surface area (Å²) >= 11 is 1.57. The van der Waals surface area contributed by atoms with Gasteiger partial charge in [-0.15, -0.1) is 11.3 Å². The van der Waals surface area contributed by atoms with Crippen molar-refractivity contribution >= 4 is 27.5 Å². The molecule has 5 atom stereocenters. The molecule has 2 aliphatic carbocycles. The summed E-state index contributed by atoms with van der Waals surface area (Å²) in [7, 11) is 0. The number of hydrogen-bond donors (Lipinski definition) is 2. The van der Waals surface area contributed by atoms with Gasteiger partial charge in [-0.05, 0) is 60.2 Å². The van der Waals surface area contributed by atoms with E-state index in [0.29, 0.717) is 24.3 Å². The van der Waals surface area contributed by atoms with E-state index in [9.17, 15) is 14.3 Å². The van der Waals surface area contributed by atoms with Gasteiger partial charge in [-0.25, -0.2) is 9.18 Å². The molecule has 0 unspecified atom stereocenters. The smallest absolute Gasteiger partial charge is 0.318 e. The van der Waals surface area contributed by atoms with Crippen LogP contribution in [0.3, 0.4) is 0 Å². The second-order valence-electron chi connectivity index (χ2n) is 7.34. The molecular formula is C18H19FN2O2S. The summed E-state index contributed by atoms with van der Waals surface area (Å²) in [6.45, 7) is 1.21. The molecule has 1 aliphatic heterocycles. The van der Waals surface area contributed by atoms with Crippen LogP contribution in [-0.2, 0) is 6.54 Å². The first-order valence-electron chi connectivity index (χ1n) is 8.50. The molecule has 2 bridgehead atoms. The number of hydrogen-bond acceptors (Lipinski definition) is 3. The van der Waals surface area contributed by atoms with E-state index in [1.54, 1.807) is 17.4 Å². The van der Waals surface area contributed by atoms with Gasteiger partial charge in [0.05, 0.1) is 18.7 Å². The van der Waals surface area contributed by atoms with Crippen LogP contribution >= 0.6 is 11.3 Å². The zero-order valence-electron chi connectivity index (χ0n) is 13.1. The minimum absolute atomic E-state index is 0.00486. The maximum absolute atomic E-state index is 13.3. The summed E-state index contributed by atoms with van der Waals surface area (Å²) in [5, 5.41) is 14.2. The standard InChI is InChI=1S/C18H19FN2O2S/c19-12-1-2-15-9(4-12)5-13(24-15)7-20-18(23)21-8-11-3-10-6-14(11)16(21)17(10)22/h1-2,4-5,10-11,14,16-17,22H,3,6-8H2,(H,20,23)/t10-,11-,14+,16-,17+/m0/s1. The van der Waals surface area contributed by atoms with E-state index in [4.69, 9.17) is 0 Å². The van der Waals surface area contributed by atoms with Crippen molar-refractivity contribution < 1.29 is 14.3 Å². The fraction of sp³-hybridized carbons (Fsp3) is 0.500. The highest BCUT2D eigenvalue weighted by molar-refractivity contribution is 7.19. The Morgan fingerprint density at radius 2 is 2.21 bits per heavy atom. The van der Waals surface area contributed by atoms with E-state index in [1.165, 1.54) is 12.1 Å². The van der Waals surface area contributed by atoms with E-state index in [0.717, 1.165) is 34.3 Å². The number of aliphatic hydroxyl groups is 1. The van der Waals surface area contributed by atoms with Crippen LogP contribution in [0.5, 0.6) is 0 Å². The number of aliphatic hydroxyl groups excluding tert-OH is 1. The molecule has 2 saturated carbocycles. The fourth-order valence-corrected chi connectivity index (χ4v) is 6.05. The number of carbonyl (C=O) groups is 1. The van der Waals surface area contributed by atoms with Crippen molar-refractivity contribution in [3.05, 3.63) is 35.0 Å². The summed E-state index contributed by atoms with van der Waals surface area (Å²) in [4.78, 5) is 15.4. The van der Waals surface area contributed by atoms with E-state index in [-0.39, 0.29) is 24.0 Å². The Balaban J connectivity index is 1.29. The Kier molecular flexibility index (Phi) is 3.16. The lowest BCUT2D eigenvalue weighted by molar-refractivity contribution is 0.0609. The molecule has 3 fully saturated rings. The number of carbonyl (C=O) groups excluding carboxylic acids is 1. The van der Waals surface area contributed by atoms with E-state index in [2.05, 4.69) is 5.32 Å². The number of benzene rings is 1. The highest BCUT2D eigenvalue weighted by Crippen LogP contribution is 2.54. The van der Waals surface area contributed by atoms with Crippen molar-refractivity contribution in [3.63, 3.8) is 0 Å². The average Bonchev–Trinajstić information content (AvgIpc) is 3.25. The average molecular weight is 346 g/mol. The van der Waals surface area contributed by atoms with Gasteiger partial charge in [-0.2, -0.15) is 0 Å². The van der Waals surface area contributed by atoms with Gasteiger partial charge in [0.15, 0.2) is 0 Å². The molecule has 1 aromatic heterocycles. The topological polar surface area (TPSA) is 52.6 Å². The molecule has 4 nitrogen and oxygen atoms in total. The number of rotatable bonds is 2. The molecule has 2 N–H and O–H groups in total. The highest BCUT2D eigenvalue weighted by atomic mass is 32.1. The van der Waals surface area contributed by atoms with Crippen LogP contribution < -0.4 is 5.32 Å². The van der Waals surface area contributed by atoms with E-state index < -0.39 is 0 Å². The van der Waals surface area contributed by atoms with Gasteiger partial charge >= 0.3 is 6.03 Å². The van der Waals surface area contributed by atoms with Crippen LogP contribution in [0.15, 0.2) is 24.3 Å². The highest BCUT2D eigenvalue weighted by Gasteiger charge is 2.59. The SMILES string of the molecule is O=C(NCc1cc2cc(F)ccc2s1)N1C[C@@H]2C[C@H]3C[C@H]2[C@H]1[C@@H]3O. The second-order valence-corrected chi connectivity index (χ2v) is 8.51. The third-order valence-electron chi connectivity index (χ3n) is 6.05. The zero-order chi connectivity index (χ0) is 16.4. The van der Waals surface area contributed by atoms with Crippen molar-refractivity contribution in [2.75, 3.05) is 6.54 Å². The molecule has 2 aromatic rings. The third kappa shape index (κ3) is 2.09. The van der Waals surface area contributed by atoms with Crippen LogP contribution in [0.1, 0.15) is 17.7 Å². The Morgan fingerprint density at radius 1 is 1.33 bits per heavy atom. The molecule has 1 aromatic carbocycles. The van der Waals surface area contributed by atoms with E-state index >= 15 is 0 Å². The molecule has 1 saturated heterocycles. The Labute approximate surface area is 143 Å². The van der Waals surface area contributed by atoms with Gasteiger partial charge in [-0.1, -0.05) is 0 Å². The quantitative estimate of drug-likeness (QED) is 0.878. The Bertz CT molecular complexity index is 820. The second kappa shape index (κ2) is 5.17. The van der Waals surface area contributed by atoms with Gasteiger partial charge in [0.2, 0.25) is 0 Å². The van der Waals surface area contributed by atoms with Crippen molar-refractivity contribution in [3.8, 4) is 0 Å². The van der Waals surface area contributed by atoms with Crippen LogP contribution in [0.25, 0.3) is 10.1 Å². The summed E-state index contributed by atoms with van der Waals surface area (Å²) in [6, 6.07) is 6.59. The molecule has 2 amide bonds. The minimum atomic E-state index is -0.355. The molecule has 2 heterocycles. The lowest BCUT2D eigenvalue weighted by atomic mass is 9.88. The van der Waals surface area contributed by atoms with Crippen LogP contribution in [0.4, 0.5) is 9.18 Å².